The number of aromatic amines is 1. The average molecular weight is 1900 g/mol. The number of nitrogens with zero attached hydrogens (tertiary/aromatic N) is 2. The molecule has 0 aliphatic carbocycles. The summed E-state index contributed by atoms with van der Waals surface area (Å²) in [6.07, 6.45) is -3.45. The largest absolute Gasteiger partial charge is 0.492 e. The number of carbonyl (C=O) groups excluding carboxylic acids is 17. The van der Waals surface area contributed by atoms with Crippen LogP contribution in [0.2, 0.25) is 0 Å². The van der Waals surface area contributed by atoms with Crippen LogP contribution < -0.4 is 96.8 Å². The summed E-state index contributed by atoms with van der Waals surface area (Å²) in [5.74, 6) is -19.9. The fourth-order valence-corrected chi connectivity index (χ4v) is 17.8. The van der Waals surface area contributed by atoms with Crippen LogP contribution in [0.15, 0.2) is 116 Å². The average Bonchev–Trinajstić information content (AvgIpc) is 1.50. The number of primary amides is 3. The third-order valence-corrected chi connectivity index (χ3v) is 26.3. The Morgan fingerprint density at radius 3 is 1.89 bits per heavy atom. The highest BCUT2D eigenvalue weighted by atomic mass is 33.1. The number of hydrogen-bond donors (Lipinski definition) is 20. The number of aromatic nitrogens is 2. The standard InChI is InChI=1S/C89H117FN20O22S2/c1-47(111)72-82(126)102-63(41-55-45-97-58-20-13-18-57(90)71(55)58)78(122)99-59(19-11-12-33-96-48(2)112)76(120)108-74(88(6,7)134-133-87(4,5)73(98-49(3)113)83(127)104-65(43-68(93)115)80(124)107-72)84(128)103-61(38-50-22-25-56(26-23-50)132-36-31-91)77(121)100-62(39-51-21-24-53-16-9-10-17-54(53)37-51)81(125)109-89(29-34-131-35-30-89)86(130)106-60(27-28-70(117)118)75(119)101-64(42-67(92)114)79(123)105-66(40-52-15-14-32-95-44-52)85(129)110(8)46-69(94)116/h9-10,13-18,20-26,32,37,44-45,47,59-66,72-74,97,111H,11-12,19,27-31,33-36,38-43,46,91H2,1-8H3,(H2,92,114)(H2,93,115)(H2,94,116)(H,96,112)(H,98,113)(H,99,122)(H,100,121)(H,101,119)(H,102,126)(H,103,128)(H,104,127)(H,105,123)(H,106,130)(H,107,124)(H,108,120)(H,109,125)(H,117,118)/t47-,59+,60+,61+,62+,63+,64+,65+,66+,72+,73-,74-/m1/s1. The number of aliphatic hydroxyl groups excluding tert-OH is 1. The first kappa shape index (κ1) is 106. The molecule has 0 bridgehead atoms. The number of ether oxygens (including phenoxy) is 2. The zero-order valence-corrected chi connectivity index (χ0v) is 76.9. The summed E-state index contributed by atoms with van der Waals surface area (Å²) in [6, 6.07) is 5.60. The molecule has 12 atom stereocenters. The molecule has 8 rings (SSSR count). The molecule has 2 saturated heterocycles. The van der Waals surface area contributed by atoms with E-state index in [0.717, 1.165) is 51.8 Å². The van der Waals surface area contributed by atoms with Crippen molar-refractivity contribution >= 4 is 150 Å². The van der Waals surface area contributed by atoms with Crippen molar-refractivity contribution in [2.45, 2.75) is 220 Å². The summed E-state index contributed by atoms with van der Waals surface area (Å²) in [6.45, 7) is 8.57. The minimum absolute atomic E-state index is 0.0241. The molecule has 42 nitrogen and oxygen atoms in total. The van der Waals surface area contributed by atoms with Crippen molar-refractivity contribution < 1.29 is 110 Å². The Labute approximate surface area is 778 Å². The summed E-state index contributed by atoms with van der Waals surface area (Å²) in [7, 11) is 2.95. The lowest BCUT2D eigenvalue weighted by molar-refractivity contribution is -0.142. The highest BCUT2D eigenvalue weighted by molar-refractivity contribution is 8.77. The van der Waals surface area contributed by atoms with E-state index in [0.29, 0.717) is 27.8 Å². The lowest BCUT2D eigenvalue weighted by Crippen LogP contribution is -2.67. The van der Waals surface area contributed by atoms with Gasteiger partial charge in [-0.1, -0.05) is 88.3 Å². The fourth-order valence-electron chi connectivity index (χ4n) is 15.0. The van der Waals surface area contributed by atoms with Gasteiger partial charge in [-0.2, -0.15) is 0 Å². The number of aliphatic carboxylic acids is 1. The van der Waals surface area contributed by atoms with Crippen LogP contribution in [0.4, 0.5) is 4.39 Å². The summed E-state index contributed by atoms with van der Waals surface area (Å²) in [5, 5.41) is 56.5. The van der Waals surface area contributed by atoms with Crippen LogP contribution in [0, 0.1) is 5.82 Å². The number of unbranched alkanes of at least 4 members (excludes halogenated alkanes) is 1. The van der Waals surface area contributed by atoms with E-state index in [-0.39, 0.29) is 94.3 Å². The number of fused-ring (bicyclic) bond motifs is 2. The number of halogens is 1. The number of nitrogens with two attached hydrogens (primary N) is 4. The van der Waals surface area contributed by atoms with Gasteiger partial charge in [0, 0.05) is 131 Å². The van der Waals surface area contributed by atoms with Crippen molar-refractivity contribution in [2.24, 2.45) is 22.9 Å². The van der Waals surface area contributed by atoms with E-state index in [1.807, 2.05) is 6.07 Å². The highest BCUT2D eigenvalue weighted by Gasteiger charge is 2.49. The normalized spacial score (nSPS) is 19.5. The maximum absolute atomic E-state index is 16.3. The van der Waals surface area contributed by atoms with Crippen molar-refractivity contribution in [3.05, 3.63) is 144 Å². The van der Waals surface area contributed by atoms with Gasteiger partial charge in [0.05, 0.1) is 25.5 Å². The van der Waals surface area contributed by atoms with Gasteiger partial charge in [0.15, 0.2) is 0 Å². The van der Waals surface area contributed by atoms with Crippen molar-refractivity contribution in [1.82, 2.24) is 84.0 Å². The molecule has 0 spiro atoms. The zero-order valence-electron chi connectivity index (χ0n) is 75.3. The number of benzene rings is 4. The second-order valence-corrected chi connectivity index (χ2v) is 37.3. The molecule has 2 fully saturated rings. The molecule has 17 amide bonds. The Morgan fingerprint density at radius 2 is 1.25 bits per heavy atom. The van der Waals surface area contributed by atoms with Gasteiger partial charge in [-0.15, -0.1) is 0 Å². The summed E-state index contributed by atoms with van der Waals surface area (Å²) < 4.78 is 24.1. The molecule has 6 aromatic rings. The quantitative estimate of drug-likeness (QED) is 0.0142. The van der Waals surface area contributed by atoms with Gasteiger partial charge in [-0.05, 0) is 124 Å². The first-order valence-corrected chi connectivity index (χ1v) is 45.4. The molecule has 2 aliphatic rings. The van der Waals surface area contributed by atoms with E-state index in [1.54, 1.807) is 72.8 Å². The molecule has 45 heteroatoms. The van der Waals surface area contributed by atoms with Crippen LogP contribution in [0.25, 0.3) is 21.7 Å². The Morgan fingerprint density at radius 1 is 0.634 bits per heavy atom. The van der Waals surface area contributed by atoms with Crippen molar-refractivity contribution in [2.75, 3.05) is 46.5 Å². The molecule has 2 aromatic heterocycles. The smallest absolute Gasteiger partial charge is 0.303 e. The predicted octanol–water partition coefficient (Wildman–Crippen LogP) is -2.32. The van der Waals surface area contributed by atoms with Gasteiger partial charge in [-0.25, -0.2) is 4.39 Å². The number of carboxylic acids is 1. The number of carboxylic acid groups (broad SMARTS) is 1. The number of carbonyl (C=O) groups is 18. The first-order valence-electron chi connectivity index (χ1n) is 43.2. The van der Waals surface area contributed by atoms with E-state index in [1.165, 1.54) is 72.4 Å². The predicted molar refractivity (Wildman–Crippen MR) is 489 cm³/mol. The molecule has 24 N–H and O–H groups in total. The number of likely N-dealkylation sites (N-methyl/N-ethyl adjacent to an activating group) is 1. The molecule has 0 radical (unpaired) electrons. The molecule has 2 aliphatic heterocycles. The van der Waals surface area contributed by atoms with Gasteiger partial charge in [0.25, 0.3) is 0 Å². The molecule has 0 unspecified atom stereocenters. The Balaban J connectivity index is 1.22. The van der Waals surface area contributed by atoms with E-state index >= 15 is 33.2 Å². The van der Waals surface area contributed by atoms with Gasteiger partial charge in [0.2, 0.25) is 100 Å². The zero-order chi connectivity index (χ0) is 98.5. The third kappa shape index (κ3) is 31.4. The maximum atomic E-state index is 16.3. The van der Waals surface area contributed by atoms with Crippen LogP contribution in [0.3, 0.4) is 0 Å². The number of rotatable bonds is 40. The van der Waals surface area contributed by atoms with Crippen LogP contribution >= 0.6 is 21.6 Å². The Hall–Kier alpha value is -13.4. The Kier molecular flexibility index (Phi) is 39.0. The SMILES string of the molecule is CC(=O)NCCCC[C@@H]1NC(=O)[C@H](Cc2c[nH]c3cccc(F)c23)NC(=O)[C@H]([C@@H](C)O)NC(=O)[C@H](CC(N)=O)NC(=O)[C@@H](NC(C)=O)C(C)(C)SSC(C)(C)[C@@H](C(=O)N[C@@H](Cc2ccc(OCCN)cc2)C(=O)N[C@@H](Cc2ccc3ccccc3c2)C(=O)NC2(C(=O)N[C@@H](CCC(=O)O)C(=O)N[C@@H](CC(N)=O)C(=O)N[C@@H](Cc3cccnc3)C(=O)N(C)CC(N)=O)CCOCC2)NC1=O. The minimum atomic E-state index is -2.12. The van der Waals surface area contributed by atoms with Gasteiger partial charge in [0.1, 0.15) is 90.2 Å². The van der Waals surface area contributed by atoms with Crippen LogP contribution in [-0.2, 0) is 117 Å². The second-order valence-electron chi connectivity index (χ2n) is 33.8. The molecular formula is C89H117FN20O22S2. The number of hydrogen-bond acceptors (Lipinski definition) is 25. The van der Waals surface area contributed by atoms with E-state index < -0.39 is 245 Å². The summed E-state index contributed by atoms with van der Waals surface area (Å²) in [4.78, 5) is 265. The van der Waals surface area contributed by atoms with E-state index in [4.69, 9.17) is 32.4 Å². The molecule has 134 heavy (non-hydrogen) atoms. The van der Waals surface area contributed by atoms with Crippen LogP contribution in [0.1, 0.15) is 129 Å². The lowest BCUT2D eigenvalue weighted by Gasteiger charge is -2.39. The molecule has 4 aromatic carbocycles. The van der Waals surface area contributed by atoms with Crippen LogP contribution in [0.5, 0.6) is 5.75 Å². The first-order chi connectivity index (χ1) is 63.4. The monoisotopic (exact) mass is 1900 g/mol. The van der Waals surface area contributed by atoms with E-state index in [2.05, 4.69) is 79.1 Å². The lowest BCUT2D eigenvalue weighted by atomic mass is 9.87. The number of nitrogens with one attached hydrogen (secondary N) is 14. The maximum Gasteiger partial charge on any atom is 0.303 e. The molecule has 0 saturated carbocycles. The van der Waals surface area contributed by atoms with E-state index in [9.17, 15) is 67.7 Å². The van der Waals surface area contributed by atoms with Gasteiger partial charge < -0.3 is 122 Å². The van der Waals surface area contributed by atoms with Crippen molar-refractivity contribution in [3.8, 4) is 5.75 Å². The highest BCUT2D eigenvalue weighted by Crippen LogP contribution is 2.47. The molecular weight excluding hydrogens is 1780 g/mol. The fraction of sp³-hybridized carbons (Fsp3) is 0.472. The Bertz CT molecular complexity index is 5280. The van der Waals surface area contributed by atoms with Gasteiger partial charge >= 0.3 is 5.97 Å². The summed E-state index contributed by atoms with van der Waals surface area (Å²) in [5.41, 5.74) is 21.8. The van der Waals surface area contributed by atoms with Gasteiger partial charge in [-0.3, -0.25) is 91.3 Å². The molecule has 724 valence electrons. The minimum Gasteiger partial charge on any atom is -0.492 e. The summed E-state index contributed by atoms with van der Waals surface area (Å²) >= 11 is 0. The van der Waals surface area contributed by atoms with Crippen LogP contribution in [-0.4, -0.2) is 266 Å². The number of amides is 17. The second kappa shape index (κ2) is 49.4. The number of H-pyrrole nitrogens is 1. The third-order valence-electron chi connectivity index (χ3n) is 22.1. The molecule has 4 heterocycles. The van der Waals surface area contributed by atoms with Crippen molar-refractivity contribution in [1.29, 1.82) is 0 Å². The topological polar surface area (TPSA) is 659 Å². The van der Waals surface area contributed by atoms with Crippen molar-refractivity contribution in [3.63, 3.8) is 0 Å². The number of aliphatic hydroxyl groups is 1. The number of pyridine rings is 1.